The standard InChI is InChI=1S/C9H9INO3/c1-6(5-12)7-3-2-4-8(10)9(7)11(13)14/h2-4,12H,5H2,1H3. The Kier molecular flexibility index (Phi) is 3.82. The molecule has 4 nitrogen and oxygen atoms in total. The molecule has 0 spiro atoms. The van der Waals surface area contributed by atoms with Gasteiger partial charge in [0, 0.05) is 11.5 Å². The summed E-state index contributed by atoms with van der Waals surface area (Å²) in [5.41, 5.74) is 0.573. The molecular weight excluding hydrogens is 297 g/mol. The maximum atomic E-state index is 10.8. The molecule has 1 N–H and O–H groups in total. The topological polar surface area (TPSA) is 63.4 Å². The van der Waals surface area contributed by atoms with E-state index in [2.05, 4.69) is 0 Å². The SMILES string of the molecule is C[C](CO)c1cccc(I)c1[N+](=O)[O-]. The minimum Gasteiger partial charge on any atom is -0.395 e. The van der Waals surface area contributed by atoms with E-state index in [1.807, 2.05) is 22.6 Å². The second-order valence-electron chi connectivity index (χ2n) is 2.83. The van der Waals surface area contributed by atoms with Crippen LogP contribution in [0.15, 0.2) is 18.2 Å². The molecule has 0 amide bonds. The number of para-hydroxylation sites is 1. The second-order valence-corrected chi connectivity index (χ2v) is 3.99. The third kappa shape index (κ3) is 2.21. The van der Waals surface area contributed by atoms with Crippen molar-refractivity contribution in [2.45, 2.75) is 6.92 Å². The van der Waals surface area contributed by atoms with Gasteiger partial charge in [0.25, 0.3) is 5.69 Å². The summed E-state index contributed by atoms with van der Waals surface area (Å²) in [6, 6.07) is 5.06. The Morgan fingerprint density at radius 1 is 1.64 bits per heavy atom. The molecular formula is C9H9INO3. The fourth-order valence-corrected chi connectivity index (χ4v) is 1.83. The van der Waals surface area contributed by atoms with Crippen molar-refractivity contribution in [1.29, 1.82) is 0 Å². The lowest BCUT2D eigenvalue weighted by Crippen LogP contribution is -2.05. The van der Waals surface area contributed by atoms with Crippen LogP contribution in [0.5, 0.6) is 0 Å². The van der Waals surface area contributed by atoms with Gasteiger partial charge in [0.1, 0.15) is 0 Å². The molecule has 0 unspecified atom stereocenters. The number of nitro groups is 1. The maximum absolute atomic E-state index is 10.8. The number of rotatable bonds is 3. The van der Waals surface area contributed by atoms with Crippen LogP contribution in [-0.4, -0.2) is 16.6 Å². The smallest absolute Gasteiger partial charge is 0.286 e. The van der Waals surface area contributed by atoms with Gasteiger partial charge < -0.3 is 5.11 Å². The first-order chi connectivity index (χ1) is 6.57. The molecule has 1 aromatic carbocycles. The molecule has 0 aliphatic carbocycles. The summed E-state index contributed by atoms with van der Waals surface area (Å²) in [5.74, 6) is 0.607. The number of halogens is 1. The Balaban J connectivity index is 3.28. The lowest BCUT2D eigenvalue weighted by molar-refractivity contribution is -0.386. The first kappa shape index (κ1) is 11.4. The summed E-state index contributed by atoms with van der Waals surface area (Å²) < 4.78 is 0.581. The third-order valence-electron chi connectivity index (χ3n) is 1.87. The van der Waals surface area contributed by atoms with Crippen molar-refractivity contribution in [2.75, 3.05) is 6.61 Å². The highest BCUT2D eigenvalue weighted by molar-refractivity contribution is 14.1. The molecule has 0 atom stereocenters. The normalized spacial score (nSPS) is 10.6. The van der Waals surface area contributed by atoms with Crippen molar-refractivity contribution in [3.63, 3.8) is 0 Å². The molecule has 0 bridgehead atoms. The maximum Gasteiger partial charge on any atom is 0.286 e. The monoisotopic (exact) mass is 306 g/mol. The van der Waals surface area contributed by atoms with Crippen LogP contribution in [-0.2, 0) is 0 Å². The lowest BCUT2D eigenvalue weighted by Gasteiger charge is -2.08. The average Bonchev–Trinajstić information content (AvgIpc) is 2.15. The first-order valence-corrected chi connectivity index (χ1v) is 5.02. The zero-order chi connectivity index (χ0) is 10.7. The molecule has 0 aliphatic rings. The average molecular weight is 306 g/mol. The van der Waals surface area contributed by atoms with Gasteiger partial charge in [-0.25, -0.2) is 0 Å². The second kappa shape index (κ2) is 4.70. The fraction of sp³-hybridized carbons (Fsp3) is 0.222. The Morgan fingerprint density at radius 3 is 2.79 bits per heavy atom. The molecule has 0 fully saturated rings. The zero-order valence-electron chi connectivity index (χ0n) is 7.53. The molecule has 0 aromatic heterocycles. The fourth-order valence-electron chi connectivity index (χ4n) is 1.13. The minimum atomic E-state index is -0.420. The van der Waals surface area contributed by atoms with E-state index in [0.29, 0.717) is 15.1 Å². The third-order valence-corrected chi connectivity index (χ3v) is 2.74. The van der Waals surface area contributed by atoms with Gasteiger partial charge >= 0.3 is 0 Å². The minimum absolute atomic E-state index is 0.0691. The van der Waals surface area contributed by atoms with Gasteiger partial charge in [-0.05, 0) is 28.7 Å². The molecule has 0 saturated carbocycles. The summed E-state index contributed by atoms with van der Waals surface area (Å²) in [5, 5.41) is 19.7. The first-order valence-electron chi connectivity index (χ1n) is 3.94. The van der Waals surface area contributed by atoms with E-state index in [1.165, 1.54) is 0 Å². The molecule has 5 heteroatoms. The lowest BCUT2D eigenvalue weighted by atomic mass is 10.0. The highest BCUT2D eigenvalue weighted by atomic mass is 127. The summed E-state index contributed by atoms with van der Waals surface area (Å²) in [7, 11) is 0. The van der Waals surface area contributed by atoms with E-state index in [4.69, 9.17) is 5.11 Å². The van der Waals surface area contributed by atoms with Gasteiger partial charge in [-0.15, -0.1) is 0 Å². The molecule has 0 aliphatic heterocycles. The Bertz CT molecular complexity index is 354. The zero-order valence-corrected chi connectivity index (χ0v) is 9.69. The van der Waals surface area contributed by atoms with E-state index in [9.17, 15) is 10.1 Å². The van der Waals surface area contributed by atoms with Crippen LogP contribution in [0.2, 0.25) is 0 Å². The van der Waals surface area contributed by atoms with E-state index in [1.54, 1.807) is 25.1 Å². The van der Waals surface area contributed by atoms with Gasteiger partial charge in [-0.3, -0.25) is 10.1 Å². The molecule has 0 saturated heterocycles. The highest BCUT2D eigenvalue weighted by Crippen LogP contribution is 2.29. The van der Waals surface area contributed by atoms with Crippen LogP contribution in [0.4, 0.5) is 5.69 Å². The number of benzene rings is 1. The van der Waals surface area contributed by atoms with Crippen LogP contribution < -0.4 is 0 Å². The van der Waals surface area contributed by atoms with Gasteiger partial charge in [-0.2, -0.15) is 0 Å². The van der Waals surface area contributed by atoms with Crippen LogP contribution in [0.3, 0.4) is 0 Å². The molecule has 1 aromatic rings. The van der Waals surface area contributed by atoms with E-state index < -0.39 is 4.92 Å². The number of hydrogen-bond donors (Lipinski definition) is 1. The highest BCUT2D eigenvalue weighted by Gasteiger charge is 2.21. The van der Waals surface area contributed by atoms with E-state index in [-0.39, 0.29) is 12.3 Å². The quantitative estimate of drug-likeness (QED) is 0.528. The number of aliphatic hydroxyl groups excluding tert-OH is 1. The van der Waals surface area contributed by atoms with Crippen molar-refractivity contribution >= 4 is 28.3 Å². The molecule has 75 valence electrons. The van der Waals surface area contributed by atoms with E-state index >= 15 is 0 Å². The van der Waals surface area contributed by atoms with Gasteiger partial charge in [0.15, 0.2) is 0 Å². The van der Waals surface area contributed by atoms with Crippen molar-refractivity contribution in [1.82, 2.24) is 0 Å². The summed E-state index contributed by atoms with van der Waals surface area (Å²) >= 11 is 1.91. The number of hydrogen-bond acceptors (Lipinski definition) is 3. The number of nitro benzene ring substituents is 1. The van der Waals surface area contributed by atoms with Crippen molar-refractivity contribution in [3.8, 4) is 0 Å². The summed E-state index contributed by atoms with van der Waals surface area (Å²) in [4.78, 5) is 10.3. The molecule has 1 radical (unpaired) electrons. The van der Waals surface area contributed by atoms with Crippen LogP contribution in [0.25, 0.3) is 0 Å². The van der Waals surface area contributed by atoms with Crippen molar-refractivity contribution in [2.24, 2.45) is 0 Å². The Hall–Kier alpha value is -0.690. The molecule has 14 heavy (non-hydrogen) atoms. The van der Waals surface area contributed by atoms with Gasteiger partial charge in [0.05, 0.1) is 15.1 Å². The predicted molar refractivity (Wildman–Crippen MR) is 60.9 cm³/mol. The summed E-state index contributed by atoms with van der Waals surface area (Å²) in [6.07, 6.45) is 0. The van der Waals surface area contributed by atoms with Crippen LogP contribution >= 0.6 is 22.6 Å². The Morgan fingerprint density at radius 2 is 2.29 bits per heavy atom. The number of aliphatic hydroxyl groups is 1. The number of nitrogens with zero attached hydrogens (tertiary/aromatic N) is 1. The molecule has 1 rings (SSSR count). The van der Waals surface area contributed by atoms with Crippen molar-refractivity contribution < 1.29 is 10.0 Å². The van der Waals surface area contributed by atoms with Gasteiger partial charge in [-0.1, -0.05) is 19.1 Å². The predicted octanol–water partition coefficient (Wildman–Crippen LogP) is 2.13. The Labute approximate surface area is 95.2 Å². The summed E-state index contributed by atoms with van der Waals surface area (Å²) in [6.45, 7) is 1.51. The van der Waals surface area contributed by atoms with Crippen LogP contribution in [0, 0.1) is 19.6 Å². The van der Waals surface area contributed by atoms with E-state index in [0.717, 1.165) is 0 Å². The molecule has 0 heterocycles. The van der Waals surface area contributed by atoms with Crippen LogP contribution in [0.1, 0.15) is 12.5 Å². The van der Waals surface area contributed by atoms with Gasteiger partial charge in [0.2, 0.25) is 0 Å². The largest absolute Gasteiger partial charge is 0.395 e. The van der Waals surface area contributed by atoms with Crippen molar-refractivity contribution in [3.05, 3.63) is 43.4 Å².